The number of halogens is 3. The van der Waals surface area contributed by atoms with E-state index in [2.05, 4.69) is 12.6 Å². The lowest BCUT2D eigenvalue weighted by atomic mass is 10.2. The summed E-state index contributed by atoms with van der Waals surface area (Å²) in [6, 6.07) is 0.705. The Morgan fingerprint density at radius 2 is 1.87 bits per heavy atom. The Hall–Kier alpha value is -1.86. The molecule has 0 radical (unpaired) electrons. The van der Waals surface area contributed by atoms with Gasteiger partial charge in [-0.3, -0.25) is 14.9 Å². The zero-order chi connectivity index (χ0) is 18.2. The Balaban J connectivity index is 3.73. The molecule has 0 aliphatic carbocycles. The van der Waals surface area contributed by atoms with Crippen molar-refractivity contribution in [2.45, 2.75) is 15.9 Å². The number of sulfone groups is 1. The van der Waals surface area contributed by atoms with Crippen molar-refractivity contribution in [1.82, 2.24) is 0 Å². The lowest BCUT2D eigenvalue weighted by Crippen LogP contribution is -2.59. The van der Waals surface area contributed by atoms with Gasteiger partial charge in [0.15, 0.2) is 0 Å². The molecule has 4 N–H and O–H groups in total. The van der Waals surface area contributed by atoms with Crippen LogP contribution in [0.4, 0.5) is 18.9 Å². The van der Waals surface area contributed by atoms with Gasteiger partial charge in [-0.15, -0.1) is 0 Å². The number of rotatable bonds is 5. The smallest absolute Gasteiger partial charge is 0.367 e. The standard InChI is InChI=1S/C10H10F3N3O5S2/c11-10(12,13)5-1-2-7(6(3-5)16(18)19)23(20,21)9(15,4-22)8(14)17/h1-3,22H,4,15H2,(H2,14,17)/t9-/m1/s1. The molecule has 0 bridgehead atoms. The fourth-order valence-electron chi connectivity index (χ4n) is 1.56. The number of nitro groups is 1. The molecule has 0 unspecified atom stereocenters. The molecule has 1 atom stereocenters. The van der Waals surface area contributed by atoms with Gasteiger partial charge in [-0.2, -0.15) is 25.8 Å². The average Bonchev–Trinajstić information content (AvgIpc) is 2.44. The zero-order valence-corrected chi connectivity index (χ0v) is 12.8. The van der Waals surface area contributed by atoms with Gasteiger partial charge in [-0.25, -0.2) is 8.42 Å². The van der Waals surface area contributed by atoms with Crippen LogP contribution >= 0.6 is 12.6 Å². The first-order valence-corrected chi connectivity index (χ1v) is 7.70. The summed E-state index contributed by atoms with van der Waals surface area (Å²) in [5.74, 6) is -2.38. The molecule has 0 saturated heterocycles. The molecule has 1 aromatic rings. The number of nitro benzene ring substituents is 1. The highest BCUT2D eigenvalue weighted by molar-refractivity contribution is 7.95. The van der Waals surface area contributed by atoms with E-state index in [1.54, 1.807) is 0 Å². The van der Waals surface area contributed by atoms with Crippen molar-refractivity contribution in [3.05, 3.63) is 33.9 Å². The van der Waals surface area contributed by atoms with Crippen LogP contribution in [0.25, 0.3) is 0 Å². The summed E-state index contributed by atoms with van der Waals surface area (Å²) in [5, 5.41) is 10.9. The van der Waals surface area contributed by atoms with Gasteiger partial charge < -0.3 is 11.5 Å². The summed E-state index contributed by atoms with van der Waals surface area (Å²) in [6.45, 7) is 0. The number of nitrogens with two attached hydrogens (primary N) is 2. The predicted molar refractivity (Wildman–Crippen MR) is 75.2 cm³/mol. The van der Waals surface area contributed by atoms with Gasteiger partial charge in [0.05, 0.1) is 10.5 Å². The lowest BCUT2D eigenvalue weighted by molar-refractivity contribution is -0.388. The highest BCUT2D eigenvalue weighted by Gasteiger charge is 2.49. The molecule has 1 rings (SSSR count). The highest BCUT2D eigenvalue weighted by atomic mass is 32.2. The van der Waals surface area contributed by atoms with Crippen molar-refractivity contribution in [3.8, 4) is 0 Å². The summed E-state index contributed by atoms with van der Waals surface area (Å²) < 4.78 is 62.5. The van der Waals surface area contributed by atoms with Crippen molar-refractivity contribution >= 4 is 34.1 Å². The maximum Gasteiger partial charge on any atom is 0.416 e. The van der Waals surface area contributed by atoms with Crippen LogP contribution in [0.3, 0.4) is 0 Å². The molecule has 1 aromatic carbocycles. The molecular formula is C10H10F3N3O5S2. The number of carbonyl (C=O) groups is 1. The van der Waals surface area contributed by atoms with E-state index >= 15 is 0 Å². The van der Waals surface area contributed by atoms with Crippen LogP contribution in [0, 0.1) is 10.1 Å². The topological polar surface area (TPSA) is 146 Å². The number of thiol groups is 1. The van der Waals surface area contributed by atoms with Crippen molar-refractivity contribution in [2.24, 2.45) is 11.5 Å². The Labute approximate surface area is 133 Å². The Morgan fingerprint density at radius 3 is 2.22 bits per heavy atom. The summed E-state index contributed by atoms with van der Waals surface area (Å²) in [5.41, 5.74) is 7.44. The average molecular weight is 373 g/mol. The highest BCUT2D eigenvalue weighted by Crippen LogP contribution is 2.36. The normalized spacial score (nSPS) is 15.0. The fraction of sp³-hybridized carbons (Fsp3) is 0.300. The van der Waals surface area contributed by atoms with Crippen molar-refractivity contribution in [2.75, 3.05) is 5.75 Å². The fourth-order valence-corrected chi connectivity index (χ4v) is 3.70. The molecule has 23 heavy (non-hydrogen) atoms. The third-order valence-corrected chi connectivity index (χ3v) is 5.85. The summed E-state index contributed by atoms with van der Waals surface area (Å²) in [6.07, 6.45) is -4.93. The van der Waals surface area contributed by atoms with Crippen LogP contribution in [0.2, 0.25) is 0 Å². The van der Waals surface area contributed by atoms with E-state index in [1.807, 2.05) is 0 Å². The third kappa shape index (κ3) is 3.25. The van der Waals surface area contributed by atoms with Crippen LogP contribution in [0.1, 0.15) is 5.56 Å². The summed E-state index contributed by atoms with van der Waals surface area (Å²) >= 11 is 3.58. The Kier molecular flexibility index (Phi) is 4.98. The number of primary amides is 1. The SMILES string of the molecule is NC(=O)[C@@](N)(CS)S(=O)(=O)c1ccc(C(F)(F)F)cc1[N+](=O)[O-]. The van der Waals surface area contributed by atoms with Crippen LogP contribution < -0.4 is 11.5 Å². The number of hydrogen-bond acceptors (Lipinski definition) is 7. The van der Waals surface area contributed by atoms with Gasteiger partial charge in [0.2, 0.25) is 14.7 Å². The van der Waals surface area contributed by atoms with Crippen molar-refractivity contribution < 1.29 is 31.3 Å². The van der Waals surface area contributed by atoms with Crippen LogP contribution in [0.5, 0.6) is 0 Å². The van der Waals surface area contributed by atoms with E-state index in [1.165, 1.54) is 0 Å². The van der Waals surface area contributed by atoms with E-state index in [-0.39, 0.29) is 6.07 Å². The maximum atomic E-state index is 12.6. The first-order chi connectivity index (χ1) is 10.3. The number of benzene rings is 1. The molecule has 0 heterocycles. The molecule has 0 aliphatic heterocycles. The zero-order valence-electron chi connectivity index (χ0n) is 11.1. The quantitative estimate of drug-likeness (QED) is 0.388. The molecule has 13 heteroatoms. The second-order valence-electron chi connectivity index (χ2n) is 4.35. The largest absolute Gasteiger partial charge is 0.416 e. The molecule has 0 aromatic heterocycles. The molecule has 0 spiro atoms. The number of carbonyl (C=O) groups excluding carboxylic acids is 1. The minimum Gasteiger partial charge on any atom is -0.367 e. The molecule has 0 saturated carbocycles. The minimum atomic E-state index is -4.97. The molecule has 8 nitrogen and oxygen atoms in total. The third-order valence-electron chi connectivity index (χ3n) is 2.90. The maximum absolute atomic E-state index is 12.6. The van der Waals surface area contributed by atoms with Crippen LogP contribution in [0.15, 0.2) is 23.1 Å². The summed E-state index contributed by atoms with van der Waals surface area (Å²) in [7, 11) is -4.97. The predicted octanol–water partition coefficient (Wildman–Crippen LogP) is 0.457. The molecule has 1 amide bonds. The Bertz CT molecular complexity index is 765. The van der Waals surface area contributed by atoms with Crippen molar-refractivity contribution in [3.63, 3.8) is 0 Å². The van der Waals surface area contributed by atoms with Gasteiger partial charge in [-0.05, 0) is 12.1 Å². The molecular weight excluding hydrogens is 363 g/mol. The van der Waals surface area contributed by atoms with E-state index in [9.17, 15) is 36.5 Å². The minimum absolute atomic E-state index is 0.0345. The number of amides is 1. The number of alkyl halides is 3. The molecule has 0 aliphatic rings. The van der Waals surface area contributed by atoms with E-state index in [4.69, 9.17) is 11.5 Å². The van der Waals surface area contributed by atoms with Crippen LogP contribution in [-0.2, 0) is 20.8 Å². The van der Waals surface area contributed by atoms with Gasteiger partial charge in [-0.1, -0.05) is 0 Å². The van der Waals surface area contributed by atoms with E-state index < -0.39 is 53.6 Å². The first-order valence-electron chi connectivity index (χ1n) is 5.59. The number of hydrogen-bond donors (Lipinski definition) is 3. The molecule has 128 valence electrons. The van der Waals surface area contributed by atoms with E-state index in [0.717, 1.165) is 0 Å². The monoisotopic (exact) mass is 373 g/mol. The van der Waals surface area contributed by atoms with Gasteiger partial charge in [0, 0.05) is 11.8 Å². The first kappa shape index (κ1) is 19.2. The van der Waals surface area contributed by atoms with Gasteiger partial charge >= 0.3 is 6.18 Å². The van der Waals surface area contributed by atoms with Gasteiger partial charge in [0.25, 0.3) is 11.6 Å². The van der Waals surface area contributed by atoms with Gasteiger partial charge in [0.1, 0.15) is 4.90 Å². The summed E-state index contributed by atoms with van der Waals surface area (Å²) in [4.78, 5) is 16.9. The second-order valence-corrected chi connectivity index (χ2v) is 6.84. The van der Waals surface area contributed by atoms with Crippen molar-refractivity contribution in [1.29, 1.82) is 0 Å². The Morgan fingerprint density at radius 1 is 1.35 bits per heavy atom. The second kappa shape index (κ2) is 5.98. The van der Waals surface area contributed by atoms with Crippen LogP contribution in [-0.4, -0.2) is 29.9 Å². The molecule has 0 fully saturated rings. The van der Waals surface area contributed by atoms with E-state index in [0.29, 0.717) is 12.1 Å². The lowest BCUT2D eigenvalue weighted by Gasteiger charge is -2.23. The number of nitrogens with zero attached hydrogens (tertiary/aromatic N) is 1.